The lowest BCUT2D eigenvalue weighted by molar-refractivity contribution is -0.147. The number of H-pyrrole nitrogens is 1. The van der Waals surface area contributed by atoms with E-state index in [1.165, 1.54) is 18.7 Å². The van der Waals surface area contributed by atoms with E-state index in [9.17, 15) is 14.7 Å². The van der Waals surface area contributed by atoms with E-state index in [4.69, 9.17) is 0 Å². The number of nitrogens with one attached hydrogen (secondary N) is 2. The van der Waals surface area contributed by atoms with E-state index in [0.717, 1.165) is 5.69 Å². The van der Waals surface area contributed by atoms with Crippen LogP contribution in [0.1, 0.15) is 32.2 Å². The minimum absolute atomic E-state index is 0.293. The second kappa shape index (κ2) is 5.29. The molecule has 1 aromatic heterocycles. The third-order valence-electron chi connectivity index (χ3n) is 3.12. The molecular weight excluding hydrogens is 248 g/mol. The highest BCUT2D eigenvalue weighted by molar-refractivity contribution is 5.94. The number of amides is 2. The summed E-state index contributed by atoms with van der Waals surface area (Å²) in [5.74, 6) is -1.05. The van der Waals surface area contributed by atoms with E-state index in [1.54, 1.807) is 20.8 Å². The maximum absolute atomic E-state index is 12.2. The number of aromatic amines is 1. The average Bonchev–Trinajstić information content (AvgIpc) is 2.61. The summed E-state index contributed by atoms with van der Waals surface area (Å²) in [5, 5.41) is 18.6. The lowest BCUT2D eigenvalue weighted by atomic mass is 10.0. The number of carboxylic acids is 1. The Hall–Kier alpha value is -2.05. The predicted octanol–water partition coefficient (Wildman–Crippen LogP) is 1.74. The molecule has 3 N–H and O–H groups in total. The third-order valence-corrected chi connectivity index (χ3v) is 3.12. The summed E-state index contributed by atoms with van der Waals surface area (Å²) >= 11 is 0. The van der Waals surface area contributed by atoms with Crippen LogP contribution in [0.2, 0.25) is 0 Å². The van der Waals surface area contributed by atoms with Gasteiger partial charge in [0.15, 0.2) is 0 Å². The molecule has 0 radical (unpaired) electrons. The number of likely N-dealkylation sites (N-methyl/N-ethyl adjacent to an activating group) is 1. The molecule has 106 valence electrons. The summed E-state index contributed by atoms with van der Waals surface area (Å²) < 4.78 is 0. The minimum Gasteiger partial charge on any atom is -0.480 e. The number of urea groups is 1. The molecule has 0 aromatic carbocycles. The first-order valence-electron chi connectivity index (χ1n) is 6.05. The lowest BCUT2D eigenvalue weighted by Gasteiger charge is -2.34. The Balaban J connectivity index is 2.96. The molecule has 0 atom stereocenters. The number of aryl methyl sites for hydroxylation is 2. The number of carbonyl (C=O) groups is 2. The van der Waals surface area contributed by atoms with Crippen LogP contribution in [0.3, 0.4) is 0 Å². The van der Waals surface area contributed by atoms with E-state index < -0.39 is 17.5 Å². The molecule has 1 heterocycles. The molecule has 0 aliphatic heterocycles. The number of carboxylic acid groups (broad SMARTS) is 1. The molecule has 7 heteroatoms. The molecule has 0 saturated heterocycles. The summed E-state index contributed by atoms with van der Waals surface area (Å²) in [7, 11) is 0. The SMILES string of the molecule is CCN(C(=O)Nc1c(C)n[nH]c1C)C(C)(C)C(=O)O. The highest BCUT2D eigenvalue weighted by Crippen LogP contribution is 2.20. The number of nitrogens with zero attached hydrogens (tertiary/aromatic N) is 2. The number of anilines is 1. The largest absolute Gasteiger partial charge is 0.480 e. The Morgan fingerprint density at radius 2 is 2.00 bits per heavy atom. The molecular formula is C12H20N4O3. The van der Waals surface area contributed by atoms with Gasteiger partial charge in [-0.15, -0.1) is 0 Å². The number of hydrogen-bond donors (Lipinski definition) is 3. The summed E-state index contributed by atoms with van der Waals surface area (Å²) in [6, 6.07) is -0.456. The predicted molar refractivity (Wildman–Crippen MR) is 71.2 cm³/mol. The number of aliphatic carboxylic acids is 1. The minimum atomic E-state index is -1.27. The van der Waals surface area contributed by atoms with Gasteiger partial charge >= 0.3 is 12.0 Å². The third kappa shape index (κ3) is 2.86. The Morgan fingerprint density at radius 3 is 2.37 bits per heavy atom. The molecule has 1 aromatic rings. The van der Waals surface area contributed by atoms with Crippen LogP contribution < -0.4 is 5.32 Å². The molecule has 0 bridgehead atoms. The second-order valence-electron chi connectivity index (χ2n) is 4.85. The van der Waals surface area contributed by atoms with Gasteiger partial charge in [0.2, 0.25) is 0 Å². The maximum Gasteiger partial charge on any atom is 0.329 e. The Morgan fingerprint density at radius 1 is 1.42 bits per heavy atom. The van der Waals surface area contributed by atoms with Crippen LogP contribution in [0, 0.1) is 13.8 Å². The summed E-state index contributed by atoms with van der Waals surface area (Å²) in [6.07, 6.45) is 0. The Labute approximate surface area is 112 Å². The van der Waals surface area contributed by atoms with Crippen LogP contribution in [0.25, 0.3) is 0 Å². The van der Waals surface area contributed by atoms with Gasteiger partial charge < -0.3 is 15.3 Å². The first kappa shape index (κ1) is 15.0. The molecule has 0 unspecified atom stereocenters. The van der Waals surface area contributed by atoms with E-state index in [2.05, 4.69) is 15.5 Å². The van der Waals surface area contributed by atoms with Gasteiger partial charge in [0.25, 0.3) is 0 Å². The van der Waals surface area contributed by atoms with Crippen molar-refractivity contribution >= 4 is 17.7 Å². The van der Waals surface area contributed by atoms with Crippen molar-refractivity contribution in [2.75, 3.05) is 11.9 Å². The van der Waals surface area contributed by atoms with Crippen molar-refractivity contribution in [3.05, 3.63) is 11.4 Å². The summed E-state index contributed by atoms with van der Waals surface area (Å²) in [4.78, 5) is 24.7. The van der Waals surface area contributed by atoms with Crippen LogP contribution in [-0.4, -0.2) is 44.3 Å². The molecule has 0 saturated carbocycles. The standard InChI is InChI=1S/C12H20N4O3/c1-6-16(12(4,5)10(17)18)11(19)13-9-7(2)14-15-8(9)3/h6H2,1-5H3,(H,13,19)(H,14,15)(H,17,18). The highest BCUT2D eigenvalue weighted by Gasteiger charge is 2.37. The fourth-order valence-electron chi connectivity index (χ4n) is 1.82. The van der Waals surface area contributed by atoms with E-state index in [0.29, 0.717) is 17.9 Å². The maximum atomic E-state index is 12.2. The number of carbonyl (C=O) groups excluding carboxylic acids is 1. The van der Waals surface area contributed by atoms with Crippen molar-refractivity contribution in [1.29, 1.82) is 0 Å². The van der Waals surface area contributed by atoms with Crippen molar-refractivity contribution < 1.29 is 14.7 Å². The van der Waals surface area contributed by atoms with Crippen molar-refractivity contribution in [3.63, 3.8) is 0 Å². The molecule has 19 heavy (non-hydrogen) atoms. The molecule has 7 nitrogen and oxygen atoms in total. The molecule has 1 rings (SSSR count). The van der Waals surface area contributed by atoms with E-state index in [1.807, 2.05) is 0 Å². The van der Waals surface area contributed by atoms with Gasteiger partial charge in [-0.25, -0.2) is 9.59 Å². The number of aromatic nitrogens is 2. The average molecular weight is 268 g/mol. The molecule has 2 amide bonds. The molecule has 0 fully saturated rings. The highest BCUT2D eigenvalue weighted by atomic mass is 16.4. The van der Waals surface area contributed by atoms with Gasteiger partial charge in [-0.3, -0.25) is 5.10 Å². The Kier molecular flexibility index (Phi) is 4.18. The monoisotopic (exact) mass is 268 g/mol. The van der Waals surface area contributed by atoms with Gasteiger partial charge in [-0.2, -0.15) is 5.10 Å². The van der Waals surface area contributed by atoms with Crippen LogP contribution in [-0.2, 0) is 4.79 Å². The zero-order chi connectivity index (χ0) is 14.8. The van der Waals surface area contributed by atoms with Gasteiger partial charge in [-0.1, -0.05) is 0 Å². The summed E-state index contributed by atoms with van der Waals surface area (Å²) in [6.45, 7) is 8.56. The van der Waals surface area contributed by atoms with Crippen LogP contribution >= 0.6 is 0 Å². The summed E-state index contributed by atoms with van der Waals surface area (Å²) in [5.41, 5.74) is 0.708. The van der Waals surface area contributed by atoms with Crippen molar-refractivity contribution in [1.82, 2.24) is 15.1 Å². The quantitative estimate of drug-likeness (QED) is 0.774. The van der Waals surface area contributed by atoms with Gasteiger partial charge in [0, 0.05) is 6.54 Å². The first-order chi connectivity index (χ1) is 8.71. The van der Waals surface area contributed by atoms with Crippen molar-refractivity contribution in [3.8, 4) is 0 Å². The van der Waals surface area contributed by atoms with E-state index >= 15 is 0 Å². The van der Waals surface area contributed by atoms with Crippen LogP contribution in [0.15, 0.2) is 0 Å². The van der Waals surface area contributed by atoms with Gasteiger partial charge in [0.1, 0.15) is 5.54 Å². The second-order valence-corrected chi connectivity index (χ2v) is 4.85. The van der Waals surface area contributed by atoms with Crippen molar-refractivity contribution in [2.45, 2.75) is 40.2 Å². The van der Waals surface area contributed by atoms with E-state index in [-0.39, 0.29) is 0 Å². The lowest BCUT2D eigenvalue weighted by Crippen LogP contribution is -2.54. The van der Waals surface area contributed by atoms with Gasteiger partial charge in [-0.05, 0) is 34.6 Å². The number of rotatable bonds is 4. The number of hydrogen-bond acceptors (Lipinski definition) is 3. The fraction of sp³-hybridized carbons (Fsp3) is 0.583. The van der Waals surface area contributed by atoms with Crippen LogP contribution in [0.4, 0.5) is 10.5 Å². The Bertz CT molecular complexity index is 474. The zero-order valence-corrected chi connectivity index (χ0v) is 11.9. The van der Waals surface area contributed by atoms with Crippen molar-refractivity contribution in [2.24, 2.45) is 0 Å². The smallest absolute Gasteiger partial charge is 0.329 e. The van der Waals surface area contributed by atoms with Gasteiger partial charge in [0.05, 0.1) is 17.1 Å². The topological polar surface area (TPSA) is 98.3 Å². The van der Waals surface area contributed by atoms with Crippen LogP contribution in [0.5, 0.6) is 0 Å². The normalized spacial score (nSPS) is 11.2. The fourth-order valence-corrected chi connectivity index (χ4v) is 1.82. The molecule has 0 aliphatic carbocycles. The zero-order valence-electron chi connectivity index (χ0n) is 11.9. The first-order valence-corrected chi connectivity index (χ1v) is 6.05. The molecule has 0 spiro atoms. The molecule has 0 aliphatic rings.